The van der Waals surface area contributed by atoms with E-state index in [9.17, 15) is 9.59 Å². The van der Waals surface area contributed by atoms with E-state index in [-0.39, 0.29) is 18.2 Å². The minimum absolute atomic E-state index is 0.0520. The zero-order valence-corrected chi connectivity index (χ0v) is 12.0. The molecule has 1 aromatic heterocycles. The number of aromatic amines is 1. The van der Waals surface area contributed by atoms with Crippen molar-refractivity contribution in [2.24, 2.45) is 0 Å². The number of aromatic nitrogens is 2. The maximum atomic E-state index is 12.5. The summed E-state index contributed by atoms with van der Waals surface area (Å²) in [6.07, 6.45) is 1.49. The number of piperazine rings is 1. The maximum Gasteiger partial charge on any atom is 0.254 e. The SMILES string of the molecule is N#CCC(=O)N1CCN(C(=O)c2ccc3nc[nH]c3c2)CC1. The molecule has 7 heteroatoms. The van der Waals surface area contributed by atoms with Gasteiger partial charge in [-0.15, -0.1) is 0 Å². The number of fused-ring (bicyclic) bond motifs is 1. The van der Waals surface area contributed by atoms with Crippen molar-refractivity contribution >= 4 is 22.8 Å². The molecule has 3 rings (SSSR count). The molecule has 1 fully saturated rings. The van der Waals surface area contributed by atoms with E-state index in [1.54, 1.807) is 28.3 Å². The molecule has 7 nitrogen and oxygen atoms in total. The summed E-state index contributed by atoms with van der Waals surface area (Å²) in [5.74, 6) is -0.225. The third kappa shape index (κ3) is 2.63. The molecule has 2 heterocycles. The molecule has 0 aliphatic carbocycles. The number of hydrogen-bond acceptors (Lipinski definition) is 4. The summed E-state index contributed by atoms with van der Waals surface area (Å²) in [6, 6.07) is 7.22. The Morgan fingerprint density at radius 2 is 1.95 bits per heavy atom. The van der Waals surface area contributed by atoms with E-state index >= 15 is 0 Å². The van der Waals surface area contributed by atoms with Crippen molar-refractivity contribution in [3.8, 4) is 6.07 Å². The zero-order valence-electron chi connectivity index (χ0n) is 12.0. The summed E-state index contributed by atoms with van der Waals surface area (Å²) in [7, 11) is 0. The zero-order chi connectivity index (χ0) is 15.5. The number of carbonyl (C=O) groups is 2. The molecule has 0 bridgehead atoms. The molecule has 0 saturated carbocycles. The van der Waals surface area contributed by atoms with Gasteiger partial charge in [-0.05, 0) is 18.2 Å². The van der Waals surface area contributed by atoms with Crippen LogP contribution >= 0.6 is 0 Å². The summed E-state index contributed by atoms with van der Waals surface area (Å²) < 4.78 is 0. The Hall–Kier alpha value is -2.88. The second-order valence-corrected chi connectivity index (χ2v) is 5.14. The second-order valence-electron chi connectivity index (χ2n) is 5.14. The number of hydrogen-bond donors (Lipinski definition) is 1. The third-order valence-corrected chi connectivity index (χ3v) is 3.82. The lowest BCUT2D eigenvalue weighted by molar-refractivity contribution is -0.131. The Labute approximate surface area is 127 Å². The number of H-pyrrole nitrogens is 1. The number of nitrogens with zero attached hydrogens (tertiary/aromatic N) is 4. The van der Waals surface area contributed by atoms with Crippen LogP contribution in [0.1, 0.15) is 16.8 Å². The molecule has 1 aliphatic rings. The van der Waals surface area contributed by atoms with Gasteiger partial charge in [-0.25, -0.2) is 4.98 Å². The molecular formula is C15H15N5O2. The fraction of sp³-hybridized carbons (Fsp3) is 0.333. The van der Waals surface area contributed by atoms with Crippen LogP contribution < -0.4 is 0 Å². The van der Waals surface area contributed by atoms with Crippen LogP contribution in [0.25, 0.3) is 11.0 Å². The molecule has 112 valence electrons. The fourth-order valence-corrected chi connectivity index (χ4v) is 2.59. The standard InChI is InChI=1S/C15H15N5O2/c16-4-3-14(21)19-5-7-20(8-6-19)15(22)11-1-2-12-13(9-11)18-10-17-12/h1-2,9-10H,3,5-8H2,(H,17,18). The van der Waals surface area contributed by atoms with Crippen molar-refractivity contribution in [2.75, 3.05) is 26.2 Å². The molecule has 0 atom stereocenters. The van der Waals surface area contributed by atoms with Gasteiger partial charge < -0.3 is 14.8 Å². The monoisotopic (exact) mass is 297 g/mol. The van der Waals surface area contributed by atoms with Crippen LogP contribution in [0.4, 0.5) is 0 Å². The molecule has 0 spiro atoms. The number of nitriles is 1. The van der Waals surface area contributed by atoms with Crippen molar-refractivity contribution in [1.82, 2.24) is 19.8 Å². The lowest BCUT2D eigenvalue weighted by Crippen LogP contribution is -2.50. The molecule has 1 saturated heterocycles. The van der Waals surface area contributed by atoms with Gasteiger partial charge in [-0.3, -0.25) is 9.59 Å². The van der Waals surface area contributed by atoms with Crippen LogP contribution in [0.5, 0.6) is 0 Å². The maximum absolute atomic E-state index is 12.5. The lowest BCUT2D eigenvalue weighted by atomic mass is 10.1. The Morgan fingerprint density at radius 3 is 2.68 bits per heavy atom. The first kappa shape index (κ1) is 14.1. The normalized spacial score (nSPS) is 14.9. The molecule has 0 radical (unpaired) electrons. The van der Waals surface area contributed by atoms with Gasteiger partial charge in [0, 0.05) is 31.7 Å². The smallest absolute Gasteiger partial charge is 0.254 e. The van der Waals surface area contributed by atoms with Crippen LogP contribution in [0, 0.1) is 11.3 Å². The van der Waals surface area contributed by atoms with Gasteiger partial charge in [-0.2, -0.15) is 5.26 Å². The number of carbonyl (C=O) groups excluding carboxylic acids is 2. The van der Waals surface area contributed by atoms with Crippen molar-refractivity contribution in [2.45, 2.75) is 6.42 Å². The number of imidazole rings is 1. The number of rotatable bonds is 2. The molecule has 2 aromatic rings. The lowest BCUT2D eigenvalue weighted by Gasteiger charge is -2.34. The summed E-state index contributed by atoms with van der Waals surface area (Å²) in [5.41, 5.74) is 2.26. The Bertz CT molecular complexity index is 753. The Balaban J connectivity index is 1.66. The highest BCUT2D eigenvalue weighted by Gasteiger charge is 2.24. The minimum Gasteiger partial charge on any atom is -0.345 e. The van der Waals surface area contributed by atoms with Crippen molar-refractivity contribution in [3.05, 3.63) is 30.1 Å². The molecule has 22 heavy (non-hydrogen) atoms. The van der Waals surface area contributed by atoms with E-state index in [4.69, 9.17) is 5.26 Å². The Kier molecular flexibility index (Phi) is 3.74. The quantitative estimate of drug-likeness (QED) is 0.885. The molecular weight excluding hydrogens is 282 g/mol. The van der Waals surface area contributed by atoms with Crippen LogP contribution in [0.2, 0.25) is 0 Å². The first-order chi connectivity index (χ1) is 10.7. The van der Waals surface area contributed by atoms with Crippen LogP contribution in [-0.2, 0) is 4.79 Å². The van der Waals surface area contributed by atoms with Crippen molar-refractivity contribution in [3.63, 3.8) is 0 Å². The van der Waals surface area contributed by atoms with Gasteiger partial charge >= 0.3 is 0 Å². The van der Waals surface area contributed by atoms with Crippen molar-refractivity contribution in [1.29, 1.82) is 5.26 Å². The molecule has 1 aliphatic heterocycles. The topological polar surface area (TPSA) is 93.1 Å². The fourth-order valence-electron chi connectivity index (χ4n) is 2.59. The van der Waals surface area contributed by atoms with E-state index in [0.717, 1.165) is 11.0 Å². The van der Waals surface area contributed by atoms with Gasteiger partial charge in [-0.1, -0.05) is 0 Å². The van der Waals surface area contributed by atoms with Crippen LogP contribution in [-0.4, -0.2) is 57.8 Å². The van der Waals surface area contributed by atoms with Crippen molar-refractivity contribution < 1.29 is 9.59 Å². The van der Waals surface area contributed by atoms with Gasteiger partial charge in [0.1, 0.15) is 6.42 Å². The first-order valence-corrected chi connectivity index (χ1v) is 7.06. The van der Waals surface area contributed by atoms with Gasteiger partial charge in [0.25, 0.3) is 5.91 Å². The highest BCUT2D eigenvalue weighted by Crippen LogP contribution is 2.15. The molecule has 2 amide bonds. The van der Waals surface area contributed by atoms with Gasteiger partial charge in [0.2, 0.25) is 5.91 Å². The Morgan fingerprint density at radius 1 is 1.23 bits per heavy atom. The number of benzene rings is 1. The first-order valence-electron chi connectivity index (χ1n) is 7.06. The average Bonchev–Trinajstić information content (AvgIpc) is 3.02. The molecule has 0 unspecified atom stereocenters. The molecule has 1 N–H and O–H groups in total. The molecule has 1 aromatic carbocycles. The minimum atomic E-state index is -0.173. The third-order valence-electron chi connectivity index (χ3n) is 3.82. The number of nitrogens with one attached hydrogen (secondary N) is 1. The second kappa shape index (κ2) is 5.85. The van der Waals surface area contributed by atoms with Gasteiger partial charge in [0.05, 0.1) is 23.4 Å². The van der Waals surface area contributed by atoms with E-state index in [0.29, 0.717) is 31.7 Å². The summed E-state index contributed by atoms with van der Waals surface area (Å²) in [5, 5.41) is 8.55. The number of amides is 2. The average molecular weight is 297 g/mol. The highest BCUT2D eigenvalue weighted by atomic mass is 16.2. The summed E-state index contributed by atoms with van der Waals surface area (Å²) in [6.45, 7) is 1.91. The van der Waals surface area contributed by atoms with Gasteiger partial charge in [0.15, 0.2) is 0 Å². The van der Waals surface area contributed by atoms with Crippen LogP contribution in [0.15, 0.2) is 24.5 Å². The van der Waals surface area contributed by atoms with E-state index in [2.05, 4.69) is 9.97 Å². The van der Waals surface area contributed by atoms with E-state index in [1.807, 2.05) is 12.1 Å². The van der Waals surface area contributed by atoms with E-state index in [1.165, 1.54) is 0 Å². The largest absolute Gasteiger partial charge is 0.345 e. The van der Waals surface area contributed by atoms with E-state index < -0.39 is 0 Å². The summed E-state index contributed by atoms with van der Waals surface area (Å²) >= 11 is 0. The summed E-state index contributed by atoms with van der Waals surface area (Å²) in [4.78, 5) is 34.6. The predicted molar refractivity (Wildman–Crippen MR) is 78.8 cm³/mol. The van der Waals surface area contributed by atoms with Crippen LogP contribution in [0.3, 0.4) is 0 Å². The highest BCUT2D eigenvalue weighted by molar-refractivity contribution is 5.97. The predicted octanol–water partition coefficient (Wildman–Crippen LogP) is 0.761.